The number of nitrogens with one attached hydrogen (secondary N) is 1. The number of benzene rings is 1. The fourth-order valence-corrected chi connectivity index (χ4v) is 1.25. The van der Waals surface area contributed by atoms with Crippen molar-refractivity contribution in [2.45, 2.75) is 0 Å². The van der Waals surface area contributed by atoms with Crippen LogP contribution in [0.4, 0.5) is 0 Å². The first kappa shape index (κ1) is 10.4. The molecule has 0 fully saturated rings. The number of H-pyrrole nitrogens is 1. The summed E-state index contributed by atoms with van der Waals surface area (Å²) in [5, 5.41) is 11.4. The Bertz CT molecular complexity index is 403. The second kappa shape index (κ2) is 4.54. The maximum absolute atomic E-state index is 11.4. The van der Waals surface area contributed by atoms with Crippen LogP contribution in [-0.4, -0.2) is 10.1 Å². The first-order valence-electron chi connectivity index (χ1n) is 4.11. The number of hydrogen-bond acceptors (Lipinski definition) is 1. The predicted octanol–water partition coefficient (Wildman–Crippen LogP) is 0.861. The van der Waals surface area contributed by atoms with E-state index in [2.05, 4.69) is 4.98 Å². The third-order valence-electron chi connectivity index (χ3n) is 1.89. The maximum atomic E-state index is 11.4. The zero-order valence-corrected chi connectivity index (χ0v) is 7.73. The molecule has 0 bridgehead atoms. The van der Waals surface area contributed by atoms with Crippen molar-refractivity contribution in [2.75, 3.05) is 0 Å². The summed E-state index contributed by atoms with van der Waals surface area (Å²) in [4.78, 5) is 3.03. The Balaban J connectivity index is 0.000000980. The summed E-state index contributed by atoms with van der Waals surface area (Å²) < 4.78 is 0. The van der Waals surface area contributed by atoms with Crippen LogP contribution in [0.25, 0.3) is 11.3 Å². The monoisotopic (exact) mass is 180 g/mol. The standard InChI is InChI=1S/C11H9NO.Be/c13-11-7-2-1-5-9(11)10-6-3-4-8-12-10;/h1-8,13H;/q;+2. The van der Waals surface area contributed by atoms with Crippen LogP contribution < -0.4 is 10.1 Å². The second-order valence-electron chi connectivity index (χ2n) is 2.77. The molecule has 1 N–H and O–H groups in total. The summed E-state index contributed by atoms with van der Waals surface area (Å²) in [6.45, 7) is 0. The number of pyridine rings is 1. The molecule has 0 saturated heterocycles. The molecule has 2 aromatic rings. The predicted molar refractivity (Wildman–Crippen MR) is 53.6 cm³/mol. The molecule has 0 aliphatic carbocycles. The van der Waals surface area contributed by atoms with Crippen molar-refractivity contribution >= 4 is 10.1 Å². The molecule has 0 aliphatic rings. The minimum atomic E-state index is 0. The third kappa shape index (κ3) is 1.98. The molecule has 64 valence electrons. The molecule has 2 nitrogen and oxygen atoms in total. The molecule has 2 rings (SSSR count). The summed E-state index contributed by atoms with van der Waals surface area (Å²) >= 11 is 0. The van der Waals surface area contributed by atoms with E-state index in [1.807, 2.05) is 36.5 Å². The van der Waals surface area contributed by atoms with Crippen molar-refractivity contribution in [3.05, 3.63) is 48.7 Å². The van der Waals surface area contributed by atoms with Crippen molar-refractivity contribution in [3.8, 4) is 17.0 Å². The summed E-state index contributed by atoms with van der Waals surface area (Å²) in [5.41, 5.74) is 1.57. The van der Waals surface area contributed by atoms with Gasteiger partial charge in [0.2, 0.25) is 5.69 Å². The van der Waals surface area contributed by atoms with E-state index in [1.54, 1.807) is 12.1 Å². The van der Waals surface area contributed by atoms with Crippen LogP contribution in [0, 0.1) is 0 Å². The molecule has 14 heavy (non-hydrogen) atoms. The van der Waals surface area contributed by atoms with E-state index >= 15 is 0 Å². The molecular weight excluding hydrogens is 171 g/mol. The van der Waals surface area contributed by atoms with Crippen molar-refractivity contribution in [3.63, 3.8) is 0 Å². The van der Waals surface area contributed by atoms with E-state index in [-0.39, 0.29) is 15.9 Å². The van der Waals surface area contributed by atoms with Gasteiger partial charge in [0.1, 0.15) is 0 Å². The third-order valence-corrected chi connectivity index (χ3v) is 1.89. The van der Waals surface area contributed by atoms with Gasteiger partial charge < -0.3 is 5.11 Å². The van der Waals surface area contributed by atoms with Crippen molar-refractivity contribution in [1.82, 2.24) is 0 Å². The van der Waals surface area contributed by atoms with Gasteiger partial charge in [0, 0.05) is 17.7 Å². The maximum Gasteiger partial charge on any atom is 2.00 e. The van der Waals surface area contributed by atoms with E-state index in [0.29, 0.717) is 5.56 Å². The van der Waals surface area contributed by atoms with Gasteiger partial charge in [0.15, 0.2) is 6.20 Å². The average Bonchev–Trinajstić information content (AvgIpc) is 2.20. The fourth-order valence-electron chi connectivity index (χ4n) is 1.25. The first-order valence-corrected chi connectivity index (χ1v) is 4.11. The molecule has 0 amide bonds. The van der Waals surface area contributed by atoms with E-state index in [1.165, 1.54) is 0 Å². The minimum Gasteiger partial charge on any atom is -0.872 e. The Morgan fingerprint density at radius 2 is 1.64 bits per heavy atom. The zero-order chi connectivity index (χ0) is 9.10. The molecule has 0 atom stereocenters. The largest absolute Gasteiger partial charge is 2.00 e. The molecule has 0 aliphatic heterocycles. The molecule has 3 heteroatoms. The Morgan fingerprint density at radius 3 is 2.29 bits per heavy atom. The van der Waals surface area contributed by atoms with Crippen LogP contribution >= 0.6 is 0 Å². The smallest absolute Gasteiger partial charge is 0.872 e. The van der Waals surface area contributed by atoms with Gasteiger partial charge in [-0.3, -0.25) is 0 Å². The summed E-state index contributed by atoms with van der Waals surface area (Å²) in [7, 11) is 0. The molecular formula is C11H9BeNO+2. The van der Waals surface area contributed by atoms with Crippen LogP contribution in [0.15, 0.2) is 48.7 Å². The van der Waals surface area contributed by atoms with E-state index in [9.17, 15) is 5.11 Å². The number of para-hydroxylation sites is 1. The molecule has 0 spiro atoms. The average molecular weight is 180 g/mol. The molecule has 0 saturated carbocycles. The van der Waals surface area contributed by atoms with Crippen molar-refractivity contribution in [1.29, 1.82) is 0 Å². The Morgan fingerprint density at radius 1 is 0.929 bits per heavy atom. The number of aromatic amines is 1. The first-order chi connectivity index (χ1) is 6.38. The van der Waals surface area contributed by atoms with Gasteiger partial charge >= 0.3 is 10.1 Å². The van der Waals surface area contributed by atoms with E-state index in [4.69, 9.17) is 0 Å². The Labute approximate surface area is 86.5 Å². The van der Waals surface area contributed by atoms with Gasteiger partial charge in [0.05, 0.1) is 0 Å². The fraction of sp³-hybridized carbons (Fsp3) is 0. The molecule has 1 heterocycles. The topological polar surface area (TPSA) is 37.2 Å². The number of aromatic nitrogens is 1. The van der Waals surface area contributed by atoms with E-state index < -0.39 is 0 Å². The summed E-state index contributed by atoms with van der Waals surface area (Å²) in [5.74, 6) is 0.0463. The van der Waals surface area contributed by atoms with Crippen LogP contribution in [0.3, 0.4) is 0 Å². The Kier molecular flexibility index (Phi) is 3.38. The van der Waals surface area contributed by atoms with Gasteiger partial charge in [-0.15, -0.1) is 0 Å². The molecule has 0 radical (unpaired) electrons. The molecule has 1 aromatic carbocycles. The van der Waals surface area contributed by atoms with Gasteiger partial charge in [-0.05, 0) is 12.1 Å². The van der Waals surface area contributed by atoms with Crippen molar-refractivity contribution in [2.24, 2.45) is 0 Å². The molecule has 0 unspecified atom stereocenters. The van der Waals surface area contributed by atoms with Crippen LogP contribution in [-0.2, 0) is 0 Å². The van der Waals surface area contributed by atoms with E-state index in [0.717, 1.165) is 5.69 Å². The van der Waals surface area contributed by atoms with Crippen LogP contribution in [0.2, 0.25) is 0 Å². The van der Waals surface area contributed by atoms with Gasteiger partial charge in [0.25, 0.3) is 0 Å². The second-order valence-corrected chi connectivity index (χ2v) is 2.77. The zero-order valence-electron chi connectivity index (χ0n) is 7.73. The van der Waals surface area contributed by atoms with Crippen LogP contribution in [0.5, 0.6) is 5.75 Å². The summed E-state index contributed by atoms with van der Waals surface area (Å²) in [6, 6.07) is 12.7. The van der Waals surface area contributed by atoms with Gasteiger partial charge in [-0.25, -0.2) is 4.98 Å². The molecule has 1 aromatic heterocycles. The van der Waals surface area contributed by atoms with Crippen LogP contribution in [0.1, 0.15) is 0 Å². The van der Waals surface area contributed by atoms with Gasteiger partial charge in [-0.1, -0.05) is 23.9 Å². The van der Waals surface area contributed by atoms with Gasteiger partial charge in [-0.2, -0.15) is 0 Å². The quantitative estimate of drug-likeness (QED) is 0.600. The number of rotatable bonds is 1. The summed E-state index contributed by atoms with van der Waals surface area (Å²) in [6.07, 6.45) is 1.81. The minimum absolute atomic E-state index is 0. The Hall–Kier alpha value is -1.66. The normalized spacial score (nSPS) is 9.14. The SMILES string of the molecule is [Be+2].[O-]c1ccccc1-c1cccc[nH+]1. The van der Waals surface area contributed by atoms with Crippen molar-refractivity contribution < 1.29 is 10.1 Å². The number of hydrogen-bond donors (Lipinski definition) is 0.